The molecule has 9 heteroatoms. The summed E-state index contributed by atoms with van der Waals surface area (Å²) >= 11 is 1.22. The van der Waals surface area contributed by atoms with Gasteiger partial charge in [0, 0.05) is 11.6 Å². The van der Waals surface area contributed by atoms with Crippen molar-refractivity contribution in [2.45, 2.75) is 0 Å². The van der Waals surface area contributed by atoms with E-state index in [0.717, 1.165) is 0 Å². The summed E-state index contributed by atoms with van der Waals surface area (Å²) < 4.78 is 32.0. The van der Waals surface area contributed by atoms with E-state index in [1.165, 1.54) is 29.7 Å². The van der Waals surface area contributed by atoms with E-state index in [9.17, 15) is 13.2 Å². The number of aromatic nitrogens is 1. The van der Waals surface area contributed by atoms with Gasteiger partial charge in [0.15, 0.2) is 5.75 Å². The zero-order valence-corrected chi connectivity index (χ0v) is 10.8. The second kappa shape index (κ2) is 3.93. The van der Waals surface area contributed by atoms with Crippen LogP contribution in [0.5, 0.6) is 11.5 Å². The van der Waals surface area contributed by atoms with Gasteiger partial charge in [-0.25, -0.2) is 4.98 Å². The molecule has 0 saturated heterocycles. The molecule has 1 aliphatic rings. The van der Waals surface area contributed by atoms with Gasteiger partial charge < -0.3 is 14.1 Å². The monoisotopic (exact) mass is 298 g/mol. The minimum Gasteiger partial charge on any atom is -0.366 e. The van der Waals surface area contributed by atoms with Gasteiger partial charge in [-0.2, -0.15) is 0 Å². The molecule has 2 aromatic rings. The van der Waals surface area contributed by atoms with Gasteiger partial charge in [0.05, 0.1) is 11.1 Å². The van der Waals surface area contributed by atoms with E-state index in [1.54, 1.807) is 5.38 Å². The van der Waals surface area contributed by atoms with Crippen LogP contribution in [0, 0.1) is 0 Å². The Balaban J connectivity index is 2.32. The molecule has 1 amide bonds. The van der Waals surface area contributed by atoms with Crippen LogP contribution in [0.1, 0.15) is 10.4 Å². The zero-order valence-electron chi connectivity index (χ0n) is 9.19. The van der Waals surface area contributed by atoms with Gasteiger partial charge >= 0.3 is 10.4 Å². The summed E-state index contributed by atoms with van der Waals surface area (Å²) in [5.74, 6) is -0.762. The molecular formula is C10H6N2O5S2. The minimum absolute atomic E-state index is 0.00944. The molecule has 0 spiro atoms. The largest absolute Gasteiger partial charge is 0.501 e. The molecule has 0 bridgehead atoms. The average molecular weight is 298 g/mol. The first-order chi connectivity index (χ1) is 8.98. The molecule has 1 aromatic carbocycles. The third-order valence-electron chi connectivity index (χ3n) is 2.41. The average Bonchev–Trinajstić information content (AvgIpc) is 2.91. The third-order valence-corrected chi connectivity index (χ3v) is 3.96. The van der Waals surface area contributed by atoms with Gasteiger partial charge in [-0.15, -0.1) is 19.8 Å². The number of thiazole rings is 1. The summed E-state index contributed by atoms with van der Waals surface area (Å²) in [6.07, 6.45) is 1.52. The number of primary amides is 1. The number of carbonyl (C=O) groups is 1. The molecule has 0 fully saturated rings. The van der Waals surface area contributed by atoms with Crippen molar-refractivity contribution in [1.82, 2.24) is 4.98 Å². The maximum absolute atomic E-state index is 11.4. The second-order valence-corrected chi connectivity index (χ2v) is 5.64. The molecule has 0 aliphatic carbocycles. The van der Waals surface area contributed by atoms with Gasteiger partial charge in [-0.1, -0.05) is 0 Å². The number of amides is 1. The molecule has 19 heavy (non-hydrogen) atoms. The fourth-order valence-corrected chi connectivity index (χ4v) is 3.15. The fourth-order valence-electron chi connectivity index (χ4n) is 1.71. The highest BCUT2D eigenvalue weighted by Crippen LogP contribution is 2.46. The van der Waals surface area contributed by atoms with Gasteiger partial charge in [0.25, 0.3) is 0 Å². The molecule has 98 valence electrons. The van der Waals surface area contributed by atoms with E-state index in [0.29, 0.717) is 5.01 Å². The maximum atomic E-state index is 11.4. The molecule has 7 nitrogen and oxygen atoms in total. The first-order valence-corrected chi connectivity index (χ1v) is 7.20. The van der Waals surface area contributed by atoms with E-state index in [4.69, 9.17) is 9.92 Å². The van der Waals surface area contributed by atoms with Crippen molar-refractivity contribution in [3.8, 4) is 22.1 Å². The first-order valence-electron chi connectivity index (χ1n) is 4.98. The molecule has 1 aromatic heterocycles. The molecule has 2 N–H and O–H groups in total. The van der Waals surface area contributed by atoms with Crippen LogP contribution in [0.4, 0.5) is 0 Å². The Labute approximate surface area is 111 Å². The normalized spacial score (nSPS) is 15.4. The molecule has 2 heterocycles. The van der Waals surface area contributed by atoms with Crippen molar-refractivity contribution >= 4 is 27.6 Å². The summed E-state index contributed by atoms with van der Waals surface area (Å²) in [5.41, 5.74) is 5.62. The van der Waals surface area contributed by atoms with Crippen LogP contribution in [0.3, 0.4) is 0 Å². The van der Waals surface area contributed by atoms with Crippen LogP contribution in [0.2, 0.25) is 0 Å². The predicted molar refractivity (Wildman–Crippen MR) is 66.2 cm³/mol. The zero-order chi connectivity index (χ0) is 13.6. The lowest BCUT2D eigenvalue weighted by atomic mass is 10.1. The van der Waals surface area contributed by atoms with Gasteiger partial charge in [0.2, 0.25) is 11.7 Å². The van der Waals surface area contributed by atoms with Crippen LogP contribution < -0.4 is 14.1 Å². The summed E-state index contributed by atoms with van der Waals surface area (Å²) in [6.45, 7) is 0. The maximum Gasteiger partial charge on any atom is 0.501 e. The van der Waals surface area contributed by atoms with Crippen LogP contribution in [-0.2, 0) is 10.4 Å². The van der Waals surface area contributed by atoms with Crippen molar-refractivity contribution in [1.29, 1.82) is 0 Å². The molecule has 0 atom stereocenters. The Morgan fingerprint density at radius 1 is 1.32 bits per heavy atom. The Morgan fingerprint density at radius 2 is 2.11 bits per heavy atom. The highest BCUT2D eigenvalue weighted by Gasteiger charge is 2.34. The standard InChI is InChI=1S/C10H6N2O5S2/c11-9(13)5-1-2-6-8(17-19(14,15)16-6)7(5)10-12-3-4-18-10/h1-4H,(H2,11,13). The Morgan fingerprint density at radius 3 is 2.74 bits per heavy atom. The number of nitrogens with zero attached hydrogens (tertiary/aromatic N) is 1. The van der Waals surface area contributed by atoms with Crippen molar-refractivity contribution in [3.05, 3.63) is 29.3 Å². The number of hydrogen-bond acceptors (Lipinski definition) is 7. The first kappa shape index (κ1) is 11.9. The topological polar surface area (TPSA) is 109 Å². The number of carbonyl (C=O) groups excluding carboxylic acids is 1. The lowest BCUT2D eigenvalue weighted by Gasteiger charge is -2.06. The second-order valence-electron chi connectivity index (χ2n) is 3.59. The van der Waals surface area contributed by atoms with Crippen molar-refractivity contribution < 1.29 is 21.6 Å². The van der Waals surface area contributed by atoms with Gasteiger partial charge in [0.1, 0.15) is 5.01 Å². The molecular weight excluding hydrogens is 292 g/mol. The fraction of sp³-hybridized carbons (Fsp3) is 0. The number of nitrogens with two attached hydrogens (primary N) is 1. The van der Waals surface area contributed by atoms with Crippen molar-refractivity contribution in [3.63, 3.8) is 0 Å². The highest BCUT2D eigenvalue weighted by molar-refractivity contribution is 7.82. The van der Waals surface area contributed by atoms with E-state index in [1.807, 2.05) is 0 Å². The Kier molecular flexibility index (Phi) is 2.47. The van der Waals surface area contributed by atoms with Crippen LogP contribution in [-0.4, -0.2) is 19.3 Å². The van der Waals surface area contributed by atoms with Crippen LogP contribution in [0.25, 0.3) is 10.6 Å². The predicted octanol–water partition coefficient (Wildman–Crippen LogP) is 0.925. The third kappa shape index (κ3) is 1.92. The molecule has 1 aliphatic heterocycles. The van der Waals surface area contributed by atoms with E-state index in [2.05, 4.69) is 9.17 Å². The SMILES string of the molecule is NC(=O)c1ccc2c(c1-c1nccs1)OS(=O)(=O)O2. The van der Waals surface area contributed by atoms with Gasteiger partial charge in [-0.05, 0) is 12.1 Å². The Hall–Kier alpha value is -2.13. The molecule has 0 saturated carbocycles. The van der Waals surface area contributed by atoms with E-state index in [-0.39, 0.29) is 22.6 Å². The molecule has 0 radical (unpaired) electrons. The Bertz CT molecular complexity index is 767. The highest BCUT2D eigenvalue weighted by atomic mass is 32.3. The smallest absolute Gasteiger partial charge is 0.366 e. The lowest BCUT2D eigenvalue weighted by molar-refractivity contribution is 0.100. The summed E-state index contributed by atoms with van der Waals surface area (Å²) in [4.78, 5) is 15.5. The van der Waals surface area contributed by atoms with Crippen molar-refractivity contribution in [2.24, 2.45) is 5.73 Å². The van der Waals surface area contributed by atoms with Crippen molar-refractivity contribution in [2.75, 3.05) is 0 Å². The van der Waals surface area contributed by atoms with Gasteiger partial charge in [-0.3, -0.25) is 4.79 Å². The van der Waals surface area contributed by atoms with E-state index < -0.39 is 16.3 Å². The quantitative estimate of drug-likeness (QED) is 0.883. The summed E-state index contributed by atoms with van der Waals surface area (Å²) in [7, 11) is -4.14. The summed E-state index contributed by atoms with van der Waals surface area (Å²) in [6, 6.07) is 2.69. The molecule has 3 rings (SSSR count). The number of hydrogen-bond donors (Lipinski definition) is 1. The minimum atomic E-state index is -4.14. The van der Waals surface area contributed by atoms with E-state index >= 15 is 0 Å². The van der Waals surface area contributed by atoms with Crippen LogP contribution in [0.15, 0.2) is 23.7 Å². The van der Waals surface area contributed by atoms with Crippen LogP contribution >= 0.6 is 11.3 Å². The number of rotatable bonds is 2. The summed E-state index contributed by atoms with van der Waals surface area (Å²) in [5, 5.41) is 2.11. The number of fused-ring (bicyclic) bond motifs is 1. The lowest BCUT2D eigenvalue weighted by Crippen LogP contribution is -2.12. The number of benzene rings is 1. The molecule has 0 unspecified atom stereocenters.